The highest BCUT2D eigenvalue weighted by atomic mass is 35.5. The van der Waals surface area contributed by atoms with Gasteiger partial charge in [-0.1, -0.05) is 23.2 Å². The van der Waals surface area contributed by atoms with E-state index in [1.54, 1.807) is 0 Å². The first-order chi connectivity index (χ1) is 9.49. The maximum absolute atomic E-state index is 12.0. The molecule has 7 nitrogen and oxygen atoms in total. The van der Waals surface area contributed by atoms with Crippen molar-refractivity contribution in [2.45, 2.75) is 0 Å². The van der Waals surface area contributed by atoms with E-state index in [2.05, 4.69) is 20.5 Å². The van der Waals surface area contributed by atoms with E-state index in [0.29, 0.717) is 0 Å². The van der Waals surface area contributed by atoms with Crippen molar-refractivity contribution in [3.63, 3.8) is 0 Å². The largest absolute Gasteiger partial charge is 0.478 e. The molecular weight excluding hydrogens is 307 g/mol. The van der Waals surface area contributed by atoms with Crippen LogP contribution in [0.25, 0.3) is 0 Å². The highest BCUT2D eigenvalue weighted by Crippen LogP contribution is 2.19. The fraction of sp³-hybridized carbons (Fsp3) is 0. The normalized spacial score (nSPS) is 10.1. The number of anilines is 1. The van der Waals surface area contributed by atoms with Crippen molar-refractivity contribution < 1.29 is 14.7 Å². The number of carboxylic acid groups (broad SMARTS) is 1. The van der Waals surface area contributed by atoms with Crippen LogP contribution in [-0.4, -0.2) is 32.2 Å². The van der Waals surface area contributed by atoms with Crippen molar-refractivity contribution in [1.82, 2.24) is 15.2 Å². The molecular formula is C11H6Cl2N4O3. The fourth-order valence-corrected chi connectivity index (χ4v) is 1.71. The molecule has 9 heteroatoms. The van der Waals surface area contributed by atoms with Crippen LogP contribution in [0.5, 0.6) is 0 Å². The molecule has 2 N–H and O–H groups in total. The molecule has 0 radical (unpaired) electrons. The van der Waals surface area contributed by atoms with Crippen molar-refractivity contribution in [1.29, 1.82) is 0 Å². The topological polar surface area (TPSA) is 105 Å². The number of halogens is 2. The lowest BCUT2D eigenvalue weighted by Gasteiger charge is -2.08. The fourth-order valence-electron chi connectivity index (χ4n) is 1.38. The quantitative estimate of drug-likeness (QED) is 0.899. The Labute approximate surface area is 122 Å². The van der Waals surface area contributed by atoms with E-state index >= 15 is 0 Å². The number of carbonyl (C=O) groups is 2. The summed E-state index contributed by atoms with van der Waals surface area (Å²) < 4.78 is 0. The number of aromatic nitrogens is 3. The van der Waals surface area contributed by atoms with Crippen LogP contribution >= 0.6 is 23.2 Å². The minimum Gasteiger partial charge on any atom is -0.478 e. The van der Waals surface area contributed by atoms with Gasteiger partial charge < -0.3 is 10.4 Å². The Balaban J connectivity index is 2.33. The summed E-state index contributed by atoms with van der Waals surface area (Å²) in [6.07, 6.45) is 2.52. The van der Waals surface area contributed by atoms with E-state index in [-0.39, 0.29) is 27.1 Å². The summed E-state index contributed by atoms with van der Waals surface area (Å²) in [5, 5.41) is 18.2. The summed E-state index contributed by atoms with van der Waals surface area (Å²) in [5.74, 6) is -1.86. The number of nitrogens with zero attached hydrogens (tertiary/aromatic N) is 3. The standard InChI is InChI=1S/C11H6Cl2N4O3/c12-8-3-6(9(13)17-16-8)10(18)15-7-4-14-2-1-5(7)11(19)20/h1-4H,(H,15,18)(H,19,20). The lowest BCUT2D eigenvalue weighted by Crippen LogP contribution is -2.16. The molecule has 1 amide bonds. The van der Waals surface area contributed by atoms with E-state index in [4.69, 9.17) is 28.3 Å². The average Bonchev–Trinajstić information content (AvgIpc) is 2.41. The maximum Gasteiger partial charge on any atom is 0.337 e. The molecule has 0 aliphatic heterocycles. The van der Waals surface area contributed by atoms with Crippen molar-refractivity contribution in [3.8, 4) is 0 Å². The van der Waals surface area contributed by atoms with Crippen LogP contribution in [0.2, 0.25) is 10.3 Å². The number of rotatable bonds is 3. The first kappa shape index (κ1) is 14.2. The van der Waals surface area contributed by atoms with Crippen molar-refractivity contribution in [2.24, 2.45) is 0 Å². The van der Waals surface area contributed by atoms with E-state index in [1.165, 1.54) is 24.5 Å². The lowest BCUT2D eigenvalue weighted by atomic mass is 10.2. The third-order valence-corrected chi connectivity index (χ3v) is 2.73. The van der Waals surface area contributed by atoms with E-state index < -0.39 is 11.9 Å². The molecule has 2 aromatic rings. The van der Waals surface area contributed by atoms with Gasteiger partial charge in [0, 0.05) is 6.20 Å². The second-order valence-electron chi connectivity index (χ2n) is 3.55. The molecule has 2 aromatic heterocycles. The van der Waals surface area contributed by atoms with E-state index in [1.807, 2.05) is 0 Å². The van der Waals surface area contributed by atoms with Gasteiger partial charge in [-0.05, 0) is 12.1 Å². The van der Waals surface area contributed by atoms with Gasteiger partial charge in [0.25, 0.3) is 5.91 Å². The van der Waals surface area contributed by atoms with Gasteiger partial charge in [-0.2, -0.15) is 0 Å². The third-order valence-electron chi connectivity index (χ3n) is 2.26. The smallest absolute Gasteiger partial charge is 0.337 e. The Hall–Kier alpha value is -2.25. The van der Waals surface area contributed by atoms with Gasteiger partial charge >= 0.3 is 5.97 Å². The number of hydrogen-bond acceptors (Lipinski definition) is 5. The average molecular weight is 313 g/mol. The van der Waals surface area contributed by atoms with Crippen molar-refractivity contribution in [3.05, 3.63) is 46.0 Å². The molecule has 2 rings (SSSR count). The summed E-state index contributed by atoms with van der Waals surface area (Å²) in [6, 6.07) is 2.49. The number of amides is 1. The zero-order valence-corrected chi connectivity index (χ0v) is 11.2. The molecule has 20 heavy (non-hydrogen) atoms. The molecule has 0 saturated heterocycles. The number of pyridine rings is 1. The van der Waals surface area contributed by atoms with E-state index in [0.717, 1.165) is 0 Å². The van der Waals surface area contributed by atoms with Crippen LogP contribution in [0.3, 0.4) is 0 Å². The minimum atomic E-state index is -1.19. The molecule has 0 atom stereocenters. The van der Waals surface area contributed by atoms with Gasteiger partial charge in [0.15, 0.2) is 10.3 Å². The first-order valence-corrected chi connectivity index (χ1v) is 5.92. The van der Waals surface area contributed by atoms with Crippen LogP contribution < -0.4 is 5.32 Å². The third kappa shape index (κ3) is 3.01. The molecule has 0 aliphatic rings. The lowest BCUT2D eigenvalue weighted by molar-refractivity contribution is 0.0698. The number of aromatic carboxylic acids is 1. The Morgan fingerprint density at radius 3 is 2.65 bits per heavy atom. The summed E-state index contributed by atoms with van der Waals surface area (Å²) in [6.45, 7) is 0. The molecule has 0 saturated carbocycles. The Morgan fingerprint density at radius 2 is 1.95 bits per heavy atom. The van der Waals surface area contributed by atoms with Crippen LogP contribution in [0.15, 0.2) is 24.5 Å². The highest BCUT2D eigenvalue weighted by Gasteiger charge is 2.17. The van der Waals surface area contributed by atoms with Crippen molar-refractivity contribution in [2.75, 3.05) is 5.32 Å². The molecule has 0 bridgehead atoms. The Bertz CT molecular complexity index is 693. The predicted octanol–water partition coefficient (Wildman–Crippen LogP) is 2.13. The number of hydrogen-bond donors (Lipinski definition) is 2. The Morgan fingerprint density at radius 1 is 1.20 bits per heavy atom. The van der Waals surface area contributed by atoms with Gasteiger partial charge in [0.2, 0.25) is 0 Å². The zero-order valence-electron chi connectivity index (χ0n) is 9.67. The molecule has 0 aliphatic carbocycles. The van der Waals surface area contributed by atoms with Gasteiger partial charge in [-0.15, -0.1) is 10.2 Å². The molecule has 0 aromatic carbocycles. The van der Waals surface area contributed by atoms with Crippen LogP contribution in [0.1, 0.15) is 20.7 Å². The monoisotopic (exact) mass is 312 g/mol. The summed E-state index contributed by atoms with van der Waals surface area (Å²) in [5.41, 5.74) is -0.0848. The van der Waals surface area contributed by atoms with Crippen molar-refractivity contribution >= 4 is 40.8 Å². The SMILES string of the molecule is O=C(O)c1ccncc1NC(=O)c1cc(Cl)nnc1Cl. The summed E-state index contributed by atoms with van der Waals surface area (Å²) in [4.78, 5) is 26.8. The second kappa shape index (κ2) is 5.81. The summed E-state index contributed by atoms with van der Waals surface area (Å²) >= 11 is 11.4. The second-order valence-corrected chi connectivity index (χ2v) is 4.30. The van der Waals surface area contributed by atoms with Crippen LogP contribution in [0.4, 0.5) is 5.69 Å². The van der Waals surface area contributed by atoms with Gasteiger partial charge in [0.05, 0.1) is 23.0 Å². The molecule has 102 valence electrons. The first-order valence-electron chi connectivity index (χ1n) is 5.16. The van der Waals surface area contributed by atoms with E-state index in [9.17, 15) is 9.59 Å². The van der Waals surface area contributed by atoms with Crippen LogP contribution in [0, 0.1) is 0 Å². The number of carbonyl (C=O) groups excluding carboxylic acids is 1. The van der Waals surface area contributed by atoms with Gasteiger partial charge in [-0.3, -0.25) is 9.78 Å². The minimum absolute atomic E-state index is 0.0100. The van der Waals surface area contributed by atoms with Crippen LogP contribution in [-0.2, 0) is 0 Å². The molecule has 2 heterocycles. The number of nitrogens with one attached hydrogen (secondary N) is 1. The Kier molecular flexibility index (Phi) is 4.11. The maximum atomic E-state index is 12.0. The predicted molar refractivity (Wildman–Crippen MR) is 71.2 cm³/mol. The molecule has 0 unspecified atom stereocenters. The summed E-state index contributed by atoms with van der Waals surface area (Å²) in [7, 11) is 0. The van der Waals surface area contributed by atoms with Gasteiger partial charge in [0.1, 0.15) is 0 Å². The molecule has 0 spiro atoms. The van der Waals surface area contributed by atoms with Gasteiger partial charge in [-0.25, -0.2) is 4.79 Å². The number of carboxylic acids is 1. The zero-order chi connectivity index (χ0) is 14.7. The highest BCUT2D eigenvalue weighted by molar-refractivity contribution is 6.34. The molecule has 0 fully saturated rings.